The van der Waals surface area contributed by atoms with Gasteiger partial charge in [0.1, 0.15) is 0 Å². The van der Waals surface area contributed by atoms with Crippen LogP contribution in [0.15, 0.2) is 59.7 Å². The topological polar surface area (TPSA) is 70.6 Å². The number of benzene rings is 2. The van der Waals surface area contributed by atoms with Crippen LogP contribution in [0, 0.1) is 5.92 Å². The molecule has 2 aromatic rings. The van der Waals surface area contributed by atoms with Gasteiger partial charge in [-0.3, -0.25) is 9.59 Å². The zero-order valence-electron chi connectivity index (χ0n) is 15.5. The lowest BCUT2D eigenvalue weighted by Crippen LogP contribution is -2.22. The van der Waals surface area contributed by atoms with Crippen molar-refractivity contribution in [1.29, 1.82) is 0 Å². The quantitative estimate of drug-likeness (QED) is 0.579. The first kappa shape index (κ1) is 19.4. The zero-order chi connectivity index (χ0) is 18.9. The lowest BCUT2D eigenvalue weighted by molar-refractivity contribution is -0.116. The fourth-order valence-corrected chi connectivity index (χ4v) is 2.47. The van der Waals surface area contributed by atoms with Gasteiger partial charge >= 0.3 is 0 Å². The third kappa shape index (κ3) is 5.55. The van der Waals surface area contributed by atoms with E-state index in [9.17, 15) is 9.59 Å². The van der Waals surface area contributed by atoms with Crippen LogP contribution in [0.2, 0.25) is 0 Å². The summed E-state index contributed by atoms with van der Waals surface area (Å²) in [4.78, 5) is 23.9. The Morgan fingerprint density at radius 1 is 0.962 bits per heavy atom. The maximum absolute atomic E-state index is 12.3. The lowest BCUT2D eigenvalue weighted by Gasteiger charge is -2.11. The molecule has 0 aliphatic heterocycles. The number of anilines is 1. The Morgan fingerprint density at radius 3 is 2.19 bits per heavy atom. The molecule has 0 heterocycles. The first-order valence-electron chi connectivity index (χ1n) is 8.84. The molecule has 0 saturated heterocycles. The molecular weight excluding hydrogens is 326 g/mol. The fraction of sp³-hybridized carbons (Fsp3) is 0.286. The minimum Gasteiger partial charge on any atom is -0.326 e. The average molecular weight is 351 g/mol. The van der Waals surface area contributed by atoms with Gasteiger partial charge in [-0.15, -0.1) is 0 Å². The summed E-state index contributed by atoms with van der Waals surface area (Å²) in [5.41, 5.74) is 5.59. The number of amides is 2. The monoisotopic (exact) mass is 351 g/mol. The van der Waals surface area contributed by atoms with Crippen LogP contribution >= 0.6 is 0 Å². The molecule has 2 aromatic carbocycles. The van der Waals surface area contributed by atoms with Gasteiger partial charge in [-0.05, 0) is 42.2 Å². The van der Waals surface area contributed by atoms with Crippen molar-refractivity contribution < 1.29 is 9.59 Å². The van der Waals surface area contributed by atoms with Crippen LogP contribution in [0.4, 0.5) is 5.69 Å². The van der Waals surface area contributed by atoms with E-state index >= 15 is 0 Å². The van der Waals surface area contributed by atoms with Gasteiger partial charge in [0.25, 0.3) is 5.91 Å². The number of carbonyl (C=O) groups excluding carboxylic acids is 2. The van der Waals surface area contributed by atoms with E-state index < -0.39 is 0 Å². The molecule has 0 radical (unpaired) electrons. The summed E-state index contributed by atoms with van der Waals surface area (Å²) in [7, 11) is 0. The molecule has 0 aliphatic carbocycles. The molecule has 0 fully saturated rings. The second kappa shape index (κ2) is 9.51. The summed E-state index contributed by atoms with van der Waals surface area (Å²) in [6.07, 6.45) is 1.28. The summed E-state index contributed by atoms with van der Waals surface area (Å²) < 4.78 is 0. The van der Waals surface area contributed by atoms with Crippen molar-refractivity contribution in [3.8, 4) is 0 Å². The van der Waals surface area contributed by atoms with Crippen molar-refractivity contribution in [2.24, 2.45) is 11.0 Å². The second-order valence-electron chi connectivity index (χ2n) is 6.33. The lowest BCUT2D eigenvalue weighted by atomic mass is 10.0. The SMILES string of the molecule is CCCC(=O)Nc1ccc(C(=O)NN=C(c2ccccc2)C(C)C)cc1. The molecule has 0 aromatic heterocycles. The second-order valence-corrected chi connectivity index (χ2v) is 6.33. The highest BCUT2D eigenvalue weighted by Gasteiger charge is 2.10. The Labute approximate surface area is 154 Å². The Kier molecular flexibility index (Phi) is 7.09. The zero-order valence-corrected chi connectivity index (χ0v) is 15.5. The molecule has 0 spiro atoms. The molecule has 0 unspecified atom stereocenters. The van der Waals surface area contributed by atoms with Crippen LogP contribution in [-0.2, 0) is 4.79 Å². The van der Waals surface area contributed by atoms with E-state index in [1.165, 1.54) is 0 Å². The third-order valence-electron chi connectivity index (χ3n) is 3.80. The molecule has 0 aliphatic rings. The highest BCUT2D eigenvalue weighted by Crippen LogP contribution is 2.12. The van der Waals surface area contributed by atoms with Crippen LogP contribution in [0.3, 0.4) is 0 Å². The van der Waals surface area contributed by atoms with E-state index in [1.54, 1.807) is 24.3 Å². The van der Waals surface area contributed by atoms with Gasteiger partial charge in [0.2, 0.25) is 5.91 Å². The predicted octanol–water partition coefficient (Wildman–Crippen LogP) is 4.22. The molecule has 2 amide bonds. The maximum Gasteiger partial charge on any atom is 0.271 e. The van der Waals surface area contributed by atoms with Gasteiger partial charge in [-0.2, -0.15) is 5.10 Å². The number of nitrogens with one attached hydrogen (secondary N) is 2. The van der Waals surface area contributed by atoms with Gasteiger partial charge in [0, 0.05) is 17.7 Å². The molecule has 5 heteroatoms. The van der Waals surface area contributed by atoms with Crippen molar-refractivity contribution in [1.82, 2.24) is 5.43 Å². The predicted molar refractivity (Wildman–Crippen MR) is 105 cm³/mol. The van der Waals surface area contributed by atoms with Crippen molar-refractivity contribution in [2.45, 2.75) is 33.6 Å². The molecule has 2 N–H and O–H groups in total. The van der Waals surface area contributed by atoms with Crippen molar-refractivity contribution in [3.05, 3.63) is 65.7 Å². The highest BCUT2D eigenvalue weighted by atomic mass is 16.2. The van der Waals surface area contributed by atoms with Crippen molar-refractivity contribution in [3.63, 3.8) is 0 Å². The van der Waals surface area contributed by atoms with E-state index in [4.69, 9.17) is 0 Å². The molecule has 0 bridgehead atoms. The average Bonchev–Trinajstić information content (AvgIpc) is 2.63. The maximum atomic E-state index is 12.3. The first-order valence-corrected chi connectivity index (χ1v) is 8.84. The fourth-order valence-electron chi connectivity index (χ4n) is 2.47. The summed E-state index contributed by atoms with van der Waals surface area (Å²) in [6, 6.07) is 16.5. The Bertz CT molecular complexity index is 766. The molecule has 5 nitrogen and oxygen atoms in total. The molecule has 0 saturated carbocycles. The normalized spacial score (nSPS) is 11.3. The van der Waals surface area contributed by atoms with E-state index in [-0.39, 0.29) is 17.7 Å². The van der Waals surface area contributed by atoms with E-state index in [0.29, 0.717) is 17.7 Å². The Balaban J connectivity index is 2.05. The summed E-state index contributed by atoms with van der Waals surface area (Å²) in [5.74, 6) is -0.141. The van der Waals surface area contributed by atoms with Gasteiger partial charge in [0.15, 0.2) is 0 Å². The van der Waals surface area contributed by atoms with Gasteiger partial charge in [0.05, 0.1) is 5.71 Å². The molecular formula is C21H25N3O2. The number of rotatable bonds is 7. The minimum atomic E-state index is -0.287. The Hall–Kier alpha value is -2.95. The number of hydrazone groups is 1. The summed E-state index contributed by atoms with van der Waals surface area (Å²) in [6.45, 7) is 6.02. The number of nitrogens with zero attached hydrogens (tertiary/aromatic N) is 1. The molecule has 26 heavy (non-hydrogen) atoms. The highest BCUT2D eigenvalue weighted by molar-refractivity contribution is 6.03. The van der Waals surface area contributed by atoms with E-state index in [1.807, 2.05) is 51.1 Å². The molecule has 2 rings (SSSR count). The van der Waals surface area contributed by atoms with Crippen LogP contribution in [0.1, 0.15) is 49.5 Å². The first-order chi connectivity index (χ1) is 12.5. The summed E-state index contributed by atoms with van der Waals surface area (Å²) >= 11 is 0. The minimum absolute atomic E-state index is 0.0289. The largest absolute Gasteiger partial charge is 0.326 e. The van der Waals surface area contributed by atoms with E-state index in [0.717, 1.165) is 17.7 Å². The standard InChI is InChI=1S/C21H25N3O2/c1-4-8-19(25)22-18-13-11-17(12-14-18)21(26)24-23-20(15(2)3)16-9-6-5-7-10-16/h5-7,9-15H,4,8H2,1-3H3,(H,22,25)(H,24,26). The van der Waals surface area contributed by atoms with Gasteiger partial charge in [-0.25, -0.2) is 5.43 Å². The number of carbonyl (C=O) groups is 2. The van der Waals surface area contributed by atoms with Gasteiger partial charge < -0.3 is 5.32 Å². The smallest absolute Gasteiger partial charge is 0.271 e. The van der Waals surface area contributed by atoms with Crippen LogP contribution in [0.25, 0.3) is 0 Å². The van der Waals surface area contributed by atoms with E-state index in [2.05, 4.69) is 15.8 Å². The van der Waals surface area contributed by atoms with Crippen molar-refractivity contribution >= 4 is 23.2 Å². The van der Waals surface area contributed by atoms with Crippen LogP contribution in [0.5, 0.6) is 0 Å². The third-order valence-corrected chi connectivity index (χ3v) is 3.80. The van der Waals surface area contributed by atoms with Crippen molar-refractivity contribution in [2.75, 3.05) is 5.32 Å². The Morgan fingerprint density at radius 2 is 1.62 bits per heavy atom. The summed E-state index contributed by atoms with van der Waals surface area (Å²) in [5, 5.41) is 7.11. The molecule has 136 valence electrons. The van der Waals surface area contributed by atoms with Gasteiger partial charge in [-0.1, -0.05) is 51.1 Å². The van der Waals surface area contributed by atoms with Crippen LogP contribution in [-0.4, -0.2) is 17.5 Å². The van der Waals surface area contributed by atoms with Crippen LogP contribution < -0.4 is 10.7 Å². The molecule has 0 atom stereocenters. The number of hydrogen-bond donors (Lipinski definition) is 2. The number of hydrogen-bond acceptors (Lipinski definition) is 3.